The Kier molecular flexibility index (Phi) is 5.39. The summed E-state index contributed by atoms with van der Waals surface area (Å²) >= 11 is 1.28. The number of esters is 1. The van der Waals surface area contributed by atoms with E-state index in [4.69, 9.17) is 4.74 Å². The molecule has 0 aliphatic rings. The molecule has 0 radical (unpaired) electrons. The third-order valence-electron chi connectivity index (χ3n) is 4.17. The zero-order valence-electron chi connectivity index (χ0n) is 15.4. The zero-order valence-corrected chi connectivity index (χ0v) is 17.1. The maximum Gasteiger partial charge on any atom is 0.339 e. The smallest absolute Gasteiger partial charge is 0.339 e. The van der Waals surface area contributed by atoms with Crippen molar-refractivity contribution in [1.29, 1.82) is 0 Å². The van der Waals surface area contributed by atoms with Crippen LogP contribution in [0, 0.1) is 0 Å². The lowest BCUT2D eigenvalue weighted by molar-refractivity contribution is 0.0602. The Morgan fingerprint density at radius 1 is 1.11 bits per heavy atom. The molecule has 0 fully saturated rings. The van der Waals surface area contributed by atoms with Crippen molar-refractivity contribution in [2.75, 3.05) is 30.0 Å². The van der Waals surface area contributed by atoms with E-state index in [1.165, 1.54) is 29.8 Å². The van der Waals surface area contributed by atoms with Gasteiger partial charge in [0, 0.05) is 11.7 Å². The zero-order chi connectivity index (χ0) is 20.5. The van der Waals surface area contributed by atoms with Crippen LogP contribution in [0.2, 0.25) is 0 Å². The number of carbonyl (C=O) groups excluding carboxylic acids is 2. The lowest BCUT2D eigenvalue weighted by Crippen LogP contribution is -2.24. The molecule has 3 aromatic rings. The summed E-state index contributed by atoms with van der Waals surface area (Å²) in [5.41, 5.74) is 1.13. The fraction of sp³-hybridized carbons (Fsp3) is 0.158. The number of para-hydroxylation sites is 1. The van der Waals surface area contributed by atoms with Gasteiger partial charge in [-0.1, -0.05) is 12.1 Å². The van der Waals surface area contributed by atoms with E-state index in [9.17, 15) is 18.0 Å². The predicted octanol–water partition coefficient (Wildman–Crippen LogP) is 3.34. The summed E-state index contributed by atoms with van der Waals surface area (Å²) in [5, 5.41) is 3.48. The summed E-state index contributed by atoms with van der Waals surface area (Å²) in [6.07, 6.45) is 1.13. The van der Waals surface area contributed by atoms with Crippen LogP contribution >= 0.6 is 11.3 Å². The summed E-state index contributed by atoms with van der Waals surface area (Å²) in [6, 6.07) is 13.4. The number of ether oxygens (including phenoxy) is 1. The van der Waals surface area contributed by atoms with E-state index in [2.05, 4.69) is 5.32 Å². The van der Waals surface area contributed by atoms with E-state index in [-0.39, 0.29) is 11.5 Å². The summed E-state index contributed by atoms with van der Waals surface area (Å²) < 4.78 is 30.2. The molecule has 0 aliphatic heterocycles. The third-order valence-corrected chi connectivity index (χ3v) is 6.49. The van der Waals surface area contributed by atoms with Gasteiger partial charge in [-0.25, -0.2) is 13.2 Å². The van der Waals surface area contributed by atoms with Crippen molar-refractivity contribution in [3.8, 4) is 0 Å². The van der Waals surface area contributed by atoms with Crippen molar-refractivity contribution >= 4 is 54.7 Å². The summed E-state index contributed by atoms with van der Waals surface area (Å²) in [4.78, 5) is 25.0. The quantitative estimate of drug-likeness (QED) is 0.642. The number of sulfonamides is 1. The highest BCUT2D eigenvalue weighted by molar-refractivity contribution is 7.92. The molecule has 3 rings (SSSR count). The third kappa shape index (κ3) is 4.00. The summed E-state index contributed by atoms with van der Waals surface area (Å²) in [6.45, 7) is 0. The second kappa shape index (κ2) is 7.61. The Morgan fingerprint density at radius 3 is 2.50 bits per heavy atom. The van der Waals surface area contributed by atoms with Crippen LogP contribution in [0.15, 0.2) is 48.5 Å². The monoisotopic (exact) mass is 418 g/mol. The fourth-order valence-electron chi connectivity index (χ4n) is 2.59. The Bertz CT molecular complexity index is 1170. The van der Waals surface area contributed by atoms with Gasteiger partial charge in [0.15, 0.2) is 0 Å². The van der Waals surface area contributed by atoms with Gasteiger partial charge in [-0.2, -0.15) is 0 Å². The second-order valence-electron chi connectivity index (χ2n) is 6.05. The van der Waals surface area contributed by atoms with Gasteiger partial charge in [0.1, 0.15) is 0 Å². The highest BCUT2D eigenvalue weighted by atomic mass is 32.2. The van der Waals surface area contributed by atoms with E-state index < -0.39 is 16.0 Å². The topological polar surface area (TPSA) is 92.8 Å². The molecule has 2 aromatic carbocycles. The standard InChI is InChI=1S/C19H18N2O5S2/c1-21(28(3,24)25)13-8-9-16-12(10-13)11-17(27-16)18(22)20-15-7-5-4-6-14(15)19(23)26-2/h4-11H,1-3H3,(H,20,22). The van der Waals surface area contributed by atoms with E-state index in [1.54, 1.807) is 48.5 Å². The molecule has 0 saturated heterocycles. The molecule has 0 bridgehead atoms. The minimum atomic E-state index is -3.38. The van der Waals surface area contributed by atoms with Crippen LogP contribution in [0.5, 0.6) is 0 Å². The number of anilines is 2. The number of benzene rings is 2. The van der Waals surface area contributed by atoms with Crippen molar-refractivity contribution in [3.05, 3.63) is 59.0 Å². The molecule has 7 nitrogen and oxygen atoms in total. The van der Waals surface area contributed by atoms with Crippen LogP contribution in [-0.4, -0.2) is 40.7 Å². The first-order valence-electron chi connectivity index (χ1n) is 8.17. The molecule has 28 heavy (non-hydrogen) atoms. The average Bonchev–Trinajstić information content (AvgIpc) is 3.10. The number of nitrogens with zero attached hydrogens (tertiary/aromatic N) is 1. The molecule has 1 heterocycles. The van der Waals surface area contributed by atoms with E-state index >= 15 is 0 Å². The van der Waals surface area contributed by atoms with E-state index in [1.807, 2.05) is 0 Å². The van der Waals surface area contributed by atoms with Crippen molar-refractivity contribution < 1.29 is 22.7 Å². The first-order chi connectivity index (χ1) is 13.2. The van der Waals surface area contributed by atoms with Crippen LogP contribution < -0.4 is 9.62 Å². The molecular formula is C19H18N2O5S2. The molecule has 1 aromatic heterocycles. The van der Waals surface area contributed by atoms with Crippen molar-refractivity contribution in [2.45, 2.75) is 0 Å². The first kappa shape index (κ1) is 19.8. The maximum atomic E-state index is 12.7. The number of rotatable bonds is 5. The molecule has 0 unspecified atom stereocenters. The van der Waals surface area contributed by atoms with Gasteiger partial charge in [-0.05, 0) is 41.8 Å². The normalized spacial score (nSPS) is 11.2. The van der Waals surface area contributed by atoms with Gasteiger partial charge < -0.3 is 10.1 Å². The first-order valence-corrected chi connectivity index (χ1v) is 10.8. The van der Waals surface area contributed by atoms with Gasteiger partial charge in [0.25, 0.3) is 5.91 Å². The lowest BCUT2D eigenvalue weighted by atomic mass is 10.1. The molecule has 0 aliphatic carbocycles. The molecule has 0 saturated carbocycles. The minimum Gasteiger partial charge on any atom is -0.465 e. The number of nitrogens with one attached hydrogen (secondary N) is 1. The highest BCUT2D eigenvalue weighted by Gasteiger charge is 2.17. The van der Waals surface area contributed by atoms with Crippen LogP contribution in [-0.2, 0) is 14.8 Å². The average molecular weight is 418 g/mol. The highest BCUT2D eigenvalue weighted by Crippen LogP contribution is 2.30. The Morgan fingerprint density at radius 2 is 1.82 bits per heavy atom. The molecule has 9 heteroatoms. The molecular weight excluding hydrogens is 400 g/mol. The van der Waals surface area contributed by atoms with Crippen molar-refractivity contribution in [3.63, 3.8) is 0 Å². The number of hydrogen-bond donors (Lipinski definition) is 1. The molecule has 0 atom stereocenters. The molecule has 1 N–H and O–H groups in total. The van der Waals surface area contributed by atoms with Gasteiger partial charge >= 0.3 is 5.97 Å². The molecule has 0 spiro atoms. The Balaban J connectivity index is 1.90. The van der Waals surface area contributed by atoms with Crippen molar-refractivity contribution in [1.82, 2.24) is 0 Å². The predicted molar refractivity (Wildman–Crippen MR) is 111 cm³/mol. The number of carbonyl (C=O) groups is 2. The van der Waals surface area contributed by atoms with E-state index in [0.717, 1.165) is 16.3 Å². The number of amides is 1. The van der Waals surface area contributed by atoms with Gasteiger partial charge in [-0.3, -0.25) is 9.10 Å². The fourth-order valence-corrected chi connectivity index (χ4v) is 4.03. The van der Waals surface area contributed by atoms with Crippen molar-refractivity contribution in [2.24, 2.45) is 0 Å². The van der Waals surface area contributed by atoms with Crippen LogP contribution in [0.4, 0.5) is 11.4 Å². The number of thiophene rings is 1. The SMILES string of the molecule is COC(=O)c1ccccc1NC(=O)c1cc2cc(N(C)S(C)(=O)=O)ccc2s1. The summed E-state index contributed by atoms with van der Waals surface area (Å²) in [5.74, 6) is -0.906. The second-order valence-corrected chi connectivity index (χ2v) is 9.15. The molecule has 1 amide bonds. The minimum absolute atomic E-state index is 0.261. The number of fused-ring (bicyclic) bond motifs is 1. The Hall–Kier alpha value is -2.91. The van der Waals surface area contributed by atoms with Crippen LogP contribution in [0.25, 0.3) is 10.1 Å². The maximum absolute atomic E-state index is 12.7. The number of methoxy groups -OCH3 is 1. The van der Waals surface area contributed by atoms with Gasteiger partial charge in [0.2, 0.25) is 10.0 Å². The van der Waals surface area contributed by atoms with Gasteiger partial charge in [-0.15, -0.1) is 11.3 Å². The molecule has 146 valence electrons. The van der Waals surface area contributed by atoms with Crippen LogP contribution in [0.1, 0.15) is 20.0 Å². The lowest BCUT2D eigenvalue weighted by Gasteiger charge is -2.16. The van der Waals surface area contributed by atoms with Crippen LogP contribution in [0.3, 0.4) is 0 Å². The Labute approximate surface area is 166 Å². The van der Waals surface area contributed by atoms with E-state index in [0.29, 0.717) is 16.3 Å². The van der Waals surface area contributed by atoms with Gasteiger partial charge in [0.05, 0.1) is 35.2 Å². The number of hydrogen-bond acceptors (Lipinski definition) is 6. The largest absolute Gasteiger partial charge is 0.465 e. The summed E-state index contributed by atoms with van der Waals surface area (Å²) in [7, 11) is -0.628.